The molecule has 0 unspecified atom stereocenters. The van der Waals surface area contributed by atoms with E-state index in [1.807, 2.05) is 0 Å². The van der Waals surface area contributed by atoms with Gasteiger partial charge in [-0.1, -0.05) is 41.9 Å². The van der Waals surface area contributed by atoms with Crippen LogP contribution in [0.4, 0.5) is 4.39 Å². The molecule has 0 saturated carbocycles. The van der Waals surface area contributed by atoms with E-state index in [0.29, 0.717) is 21.9 Å². The Kier molecular flexibility index (Phi) is 6.70. The number of ketones is 1. The second-order valence-corrected chi connectivity index (χ2v) is 7.53. The van der Waals surface area contributed by atoms with Crippen LogP contribution < -0.4 is 5.32 Å². The van der Waals surface area contributed by atoms with Gasteiger partial charge in [-0.2, -0.15) is 0 Å². The largest absolute Gasteiger partial charge is 0.451 e. The van der Waals surface area contributed by atoms with Crippen molar-refractivity contribution in [3.8, 4) is 11.3 Å². The topological polar surface area (TPSA) is 62.6 Å². The van der Waals surface area contributed by atoms with Crippen molar-refractivity contribution in [3.63, 3.8) is 0 Å². The van der Waals surface area contributed by atoms with Crippen molar-refractivity contribution in [1.29, 1.82) is 0 Å². The predicted octanol–water partition coefficient (Wildman–Crippen LogP) is 4.97. The van der Waals surface area contributed by atoms with Crippen LogP contribution in [-0.4, -0.2) is 37.2 Å². The summed E-state index contributed by atoms with van der Waals surface area (Å²) in [5.41, 5.74) is 1.68. The Morgan fingerprint density at radius 2 is 1.80 bits per heavy atom. The summed E-state index contributed by atoms with van der Waals surface area (Å²) >= 11 is 6.18. The monoisotopic (exact) mass is 428 g/mol. The van der Waals surface area contributed by atoms with E-state index in [1.54, 1.807) is 67.5 Å². The number of benzene rings is 2. The van der Waals surface area contributed by atoms with Crippen molar-refractivity contribution in [3.05, 3.63) is 82.3 Å². The van der Waals surface area contributed by atoms with Crippen molar-refractivity contribution < 1.29 is 18.4 Å². The van der Waals surface area contributed by atoms with Gasteiger partial charge in [0.2, 0.25) is 0 Å². The minimum atomic E-state index is -0.448. The molecule has 0 fully saturated rings. The zero-order valence-corrected chi connectivity index (χ0v) is 17.7. The molecule has 0 aliphatic rings. The zero-order chi connectivity index (χ0) is 21.8. The minimum absolute atomic E-state index is 0.0218. The molecule has 1 atom stereocenters. The van der Waals surface area contributed by atoms with Crippen molar-refractivity contribution in [1.82, 2.24) is 10.2 Å². The van der Waals surface area contributed by atoms with E-state index in [1.165, 1.54) is 13.0 Å². The van der Waals surface area contributed by atoms with Crippen LogP contribution >= 0.6 is 11.6 Å². The first-order chi connectivity index (χ1) is 14.3. The van der Waals surface area contributed by atoms with Crippen LogP contribution in [0.15, 0.2) is 59.0 Å². The predicted molar refractivity (Wildman–Crippen MR) is 114 cm³/mol. The highest BCUT2D eigenvalue weighted by atomic mass is 35.5. The average Bonchev–Trinajstić information content (AvgIpc) is 3.20. The molecule has 2 aromatic carbocycles. The Bertz CT molecular complexity index is 1040. The Labute approximate surface area is 179 Å². The molecule has 5 nitrogen and oxygen atoms in total. The highest BCUT2D eigenvalue weighted by Crippen LogP contribution is 2.29. The number of halogens is 2. The summed E-state index contributed by atoms with van der Waals surface area (Å²) in [5.74, 6) is -0.216. The summed E-state index contributed by atoms with van der Waals surface area (Å²) in [7, 11) is 3.57. The fourth-order valence-electron chi connectivity index (χ4n) is 3.13. The van der Waals surface area contributed by atoms with Crippen LogP contribution in [0.25, 0.3) is 11.3 Å². The standard InChI is InChI=1S/C23H22ClFN2O3/c1-14(28)15-7-9-16(10-8-15)20-11-12-21(30-20)23(29)26-13-19(27(2)3)22-17(24)5-4-6-18(22)25/h4-12,19H,13H2,1-3H3,(H,26,29)/t19-/m1/s1. The Balaban J connectivity index is 1.72. The Hall–Kier alpha value is -2.96. The second kappa shape index (κ2) is 9.24. The van der Waals surface area contributed by atoms with Crippen LogP contribution in [0.3, 0.4) is 0 Å². The molecular formula is C23H22ClFN2O3. The first-order valence-electron chi connectivity index (χ1n) is 9.37. The van der Waals surface area contributed by atoms with Crippen molar-refractivity contribution in [2.24, 2.45) is 0 Å². The number of likely N-dealkylation sites (N-methyl/N-ethyl adjacent to an activating group) is 1. The van der Waals surface area contributed by atoms with Crippen LogP contribution in [-0.2, 0) is 0 Å². The number of hydrogen-bond donors (Lipinski definition) is 1. The number of Topliss-reactive ketones (excluding diaryl/α,β-unsaturated/α-hetero) is 1. The molecule has 7 heteroatoms. The fraction of sp³-hybridized carbons (Fsp3) is 0.217. The third-order valence-electron chi connectivity index (χ3n) is 4.82. The lowest BCUT2D eigenvalue weighted by molar-refractivity contribution is 0.0914. The maximum Gasteiger partial charge on any atom is 0.287 e. The molecule has 30 heavy (non-hydrogen) atoms. The van der Waals surface area contributed by atoms with Gasteiger partial charge in [0.1, 0.15) is 11.6 Å². The number of carbonyl (C=O) groups excluding carboxylic acids is 2. The van der Waals surface area contributed by atoms with Gasteiger partial charge in [-0.3, -0.25) is 9.59 Å². The van der Waals surface area contributed by atoms with Crippen LogP contribution in [0.1, 0.15) is 39.4 Å². The van der Waals surface area contributed by atoms with Gasteiger partial charge in [0.05, 0.1) is 6.04 Å². The summed E-state index contributed by atoms with van der Waals surface area (Å²) in [6.07, 6.45) is 0. The van der Waals surface area contributed by atoms with E-state index in [4.69, 9.17) is 16.0 Å². The first-order valence-corrected chi connectivity index (χ1v) is 9.75. The van der Waals surface area contributed by atoms with E-state index < -0.39 is 17.8 Å². The van der Waals surface area contributed by atoms with E-state index in [2.05, 4.69) is 5.32 Å². The molecule has 156 valence electrons. The molecule has 1 N–H and O–H groups in total. The lowest BCUT2D eigenvalue weighted by Crippen LogP contribution is -2.35. The van der Waals surface area contributed by atoms with Crippen molar-refractivity contribution in [2.45, 2.75) is 13.0 Å². The molecule has 0 saturated heterocycles. The summed E-state index contributed by atoms with van der Waals surface area (Å²) in [4.78, 5) is 25.7. The number of amides is 1. The first kappa shape index (κ1) is 21.7. The molecule has 0 aliphatic heterocycles. The maximum absolute atomic E-state index is 14.3. The number of hydrogen-bond acceptors (Lipinski definition) is 4. The van der Waals surface area contributed by atoms with Gasteiger partial charge in [0.25, 0.3) is 5.91 Å². The van der Waals surface area contributed by atoms with Gasteiger partial charge in [-0.05, 0) is 45.3 Å². The van der Waals surface area contributed by atoms with Crippen LogP contribution in [0.2, 0.25) is 5.02 Å². The number of furan rings is 1. The van der Waals surface area contributed by atoms with Gasteiger partial charge >= 0.3 is 0 Å². The number of nitrogens with one attached hydrogen (secondary N) is 1. The van der Waals surface area contributed by atoms with Crippen LogP contribution in [0, 0.1) is 5.82 Å². The fourth-order valence-corrected chi connectivity index (χ4v) is 3.42. The smallest absolute Gasteiger partial charge is 0.287 e. The minimum Gasteiger partial charge on any atom is -0.451 e. The summed E-state index contributed by atoms with van der Waals surface area (Å²) in [5, 5.41) is 3.08. The van der Waals surface area contributed by atoms with Gasteiger partial charge in [0.15, 0.2) is 11.5 Å². The Morgan fingerprint density at radius 1 is 1.10 bits per heavy atom. The van der Waals surface area contributed by atoms with Crippen molar-refractivity contribution in [2.75, 3.05) is 20.6 Å². The lowest BCUT2D eigenvalue weighted by Gasteiger charge is -2.26. The van der Waals surface area contributed by atoms with Crippen LogP contribution in [0.5, 0.6) is 0 Å². The van der Waals surface area contributed by atoms with E-state index >= 15 is 0 Å². The third kappa shape index (κ3) is 4.78. The zero-order valence-electron chi connectivity index (χ0n) is 16.9. The highest BCUT2D eigenvalue weighted by Gasteiger charge is 2.23. The lowest BCUT2D eigenvalue weighted by atomic mass is 10.0. The number of rotatable bonds is 7. The molecule has 0 bridgehead atoms. The number of carbonyl (C=O) groups is 2. The molecule has 3 aromatic rings. The summed E-state index contributed by atoms with van der Waals surface area (Å²) < 4.78 is 20.0. The summed E-state index contributed by atoms with van der Waals surface area (Å²) in [6.45, 7) is 1.65. The molecule has 3 rings (SSSR count). The van der Waals surface area contributed by atoms with Gasteiger partial charge in [-0.15, -0.1) is 0 Å². The normalized spacial score (nSPS) is 12.1. The molecular weight excluding hydrogens is 407 g/mol. The molecule has 0 radical (unpaired) electrons. The van der Waals surface area contributed by atoms with Crippen molar-refractivity contribution >= 4 is 23.3 Å². The van der Waals surface area contributed by atoms with Gasteiger partial charge in [0, 0.05) is 28.3 Å². The average molecular weight is 429 g/mol. The molecule has 1 heterocycles. The van der Waals surface area contributed by atoms with Gasteiger partial charge in [-0.25, -0.2) is 4.39 Å². The quantitative estimate of drug-likeness (QED) is 0.539. The maximum atomic E-state index is 14.3. The number of nitrogens with zero attached hydrogens (tertiary/aromatic N) is 1. The molecule has 0 aliphatic carbocycles. The second-order valence-electron chi connectivity index (χ2n) is 7.12. The third-order valence-corrected chi connectivity index (χ3v) is 5.15. The Morgan fingerprint density at radius 3 is 2.40 bits per heavy atom. The van der Waals surface area contributed by atoms with E-state index in [-0.39, 0.29) is 18.1 Å². The highest BCUT2D eigenvalue weighted by molar-refractivity contribution is 6.31. The SMILES string of the molecule is CC(=O)c1ccc(-c2ccc(C(=O)NC[C@H](c3c(F)cccc3Cl)N(C)C)o2)cc1. The molecule has 1 aromatic heterocycles. The molecule has 0 spiro atoms. The van der Waals surface area contributed by atoms with E-state index in [0.717, 1.165) is 5.56 Å². The van der Waals surface area contributed by atoms with E-state index in [9.17, 15) is 14.0 Å². The van der Waals surface area contributed by atoms with Gasteiger partial charge < -0.3 is 14.6 Å². The molecule has 1 amide bonds. The summed E-state index contributed by atoms with van der Waals surface area (Å²) in [6, 6.07) is 14.3.